The number of ether oxygens (including phenoxy) is 1. The van der Waals surface area contributed by atoms with Gasteiger partial charge in [-0.15, -0.1) is 6.58 Å². The molecule has 0 fully saturated rings. The van der Waals surface area contributed by atoms with E-state index in [2.05, 4.69) is 6.58 Å². The molecule has 0 spiro atoms. The van der Waals surface area contributed by atoms with Crippen LogP contribution in [0.1, 0.15) is 23.5 Å². The van der Waals surface area contributed by atoms with Crippen molar-refractivity contribution < 1.29 is 22.7 Å². The van der Waals surface area contributed by atoms with Gasteiger partial charge in [-0.25, -0.2) is 4.79 Å². The number of benzene rings is 2. The van der Waals surface area contributed by atoms with E-state index in [-0.39, 0.29) is 19.1 Å². The predicted molar refractivity (Wildman–Crippen MR) is 97.5 cm³/mol. The topological polar surface area (TPSA) is 29.5 Å². The van der Waals surface area contributed by atoms with Crippen molar-refractivity contribution in [2.75, 3.05) is 19.7 Å². The van der Waals surface area contributed by atoms with Gasteiger partial charge in [-0.3, -0.25) is 0 Å². The molecule has 27 heavy (non-hydrogen) atoms. The summed E-state index contributed by atoms with van der Waals surface area (Å²) >= 11 is 0. The minimum absolute atomic E-state index is 0.00670. The zero-order valence-electron chi connectivity index (χ0n) is 14.7. The quantitative estimate of drug-likeness (QED) is 0.635. The molecule has 0 heterocycles. The van der Waals surface area contributed by atoms with Gasteiger partial charge in [0.15, 0.2) is 0 Å². The lowest BCUT2D eigenvalue weighted by atomic mass is 9.98. The lowest BCUT2D eigenvalue weighted by Gasteiger charge is -2.23. The van der Waals surface area contributed by atoms with Crippen molar-refractivity contribution in [1.29, 1.82) is 0 Å². The molecule has 0 unspecified atom stereocenters. The lowest BCUT2D eigenvalue weighted by molar-refractivity contribution is -0.136. The fourth-order valence-corrected chi connectivity index (χ4v) is 3.36. The third-order valence-electron chi connectivity index (χ3n) is 4.61. The molecule has 6 heteroatoms. The summed E-state index contributed by atoms with van der Waals surface area (Å²) in [4.78, 5) is 13.3. The van der Waals surface area contributed by atoms with Crippen LogP contribution in [0.5, 0.6) is 0 Å². The van der Waals surface area contributed by atoms with E-state index in [0.717, 1.165) is 27.2 Å². The van der Waals surface area contributed by atoms with Crippen LogP contribution >= 0.6 is 0 Å². The number of carbonyl (C=O) groups is 1. The van der Waals surface area contributed by atoms with Crippen LogP contribution in [0, 0.1) is 0 Å². The van der Waals surface area contributed by atoms with Gasteiger partial charge in [0.25, 0.3) is 0 Å². The number of halogens is 3. The third kappa shape index (κ3) is 4.32. The Labute approximate surface area is 156 Å². The van der Waals surface area contributed by atoms with Crippen molar-refractivity contribution in [3.8, 4) is 11.1 Å². The Bertz CT molecular complexity index is 787. The van der Waals surface area contributed by atoms with Gasteiger partial charge in [-0.2, -0.15) is 13.2 Å². The normalized spacial score (nSPS) is 13.0. The molecule has 3 rings (SSSR count). The number of alkyl halides is 3. The first kappa shape index (κ1) is 19.0. The van der Waals surface area contributed by atoms with Gasteiger partial charge in [-0.1, -0.05) is 54.6 Å². The number of hydrogen-bond acceptors (Lipinski definition) is 2. The molecule has 0 N–H and O–H groups in total. The predicted octanol–water partition coefficient (Wildman–Crippen LogP) is 5.38. The van der Waals surface area contributed by atoms with Crippen molar-refractivity contribution >= 4 is 6.09 Å². The second-order valence-corrected chi connectivity index (χ2v) is 6.40. The summed E-state index contributed by atoms with van der Waals surface area (Å²) in [6, 6.07) is 15.8. The number of amides is 1. The van der Waals surface area contributed by atoms with E-state index in [4.69, 9.17) is 4.74 Å². The van der Waals surface area contributed by atoms with E-state index < -0.39 is 25.2 Å². The van der Waals surface area contributed by atoms with E-state index >= 15 is 0 Å². The van der Waals surface area contributed by atoms with Crippen LogP contribution < -0.4 is 0 Å². The molecule has 2 aromatic rings. The fourth-order valence-electron chi connectivity index (χ4n) is 3.36. The Kier molecular flexibility index (Phi) is 5.54. The summed E-state index contributed by atoms with van der Waals surface area (Å²) in [6.07, 6.45) is -4.78. The van der Waals surface area contributed by atoms with Crippen molar-refractivity contribution in [2.45, 2.75) is 18.5 Å². The zero-order valence-corrected chi connectivity index (χ0v) is 14.7. The van der Waals surface area contributed by atoms with Crippen LogP contribution in [0.4, 0.5) is 18.0 Å². The van der Waals surface area contributed by atoms with E-state index in [1.54, 1.807) is 0 Å². The van der Waals surface area contributed by atoms with Crippen molar-refractivity contribution in [3.05, 3.63) is 72.3 Å². The Morgan fingerprint density at radius 3 is 2.15 bits per heavy atom. The fraction of sp³-hybridized carbons (Fsp3) is 0.286. The number of hydrogen-bond donors (Lipinski definition) is 0. The van der Waals surface area contributed by atoms with Crippen molar-refractivity contribution in [2.24, 2.45) is 0 Å². The molecule has 0 aromatic heterocycles. The molecule has 1 aliphatic rings. The highest BCUT2D eigenvalue weighted by Gasteiger charge is 2.31. The first-order valence-electron chi connectivity index (χ1n) is 8.68. The molecule has 2 aromatic carbocycles. The Morgan fingerprint density at radius 1 is 1.07 bits per heavy atom. The molecule has 0 aliphatic heterocycles. The standard InChI is InChI=1S/C21H20F3NO2/c1-2-12-25(13-11-21(22,23)24)20(26)27-14-19-17-9-5-3-7-15(17)16-8-4-6-10-18(16)19/h2-10,19H,1,11-14H2. The van der Waals surface area contributed by atoms with Gasteiger partial charge in [0, 0.05) is 19.0 Å². The van der Waals surface area contributed by atoms with E-state index in [1.807, 2.05) is 48.5 Å². The van der Waals surface area contributed by atoms with E-state index in [1.165, 1.54) is 6.08 Å². The minimum Gasteiger partial charge on any atom is -0.448 e. The summed E-state index contributed by atoms with van der Waals surface area (Å²) in [5, 5.41) is 0. The molecule has 0 saturated carbocycles. The summed E-state index contributed by atoms with van der Waals surface area (Å²) in [5.41, 5.74) is 4.29. The monoisotopic (exact) mass is 375 g/mol. The van der Waals surface area contributed by atoms with Crippen molar-refractivity contribution in [1.82, 2.24) is 4.90 Å². The summed E-state index contributed by atoms with van der Waals surface area (Å²) in [5.74, 6) is -0.130. The summed E-state index contributed by atoms with van der Waals surface area (Å²) in [7, 11) is 0. The van der Waals surface area contributed by atoms with Crippen LogP contribution in [-0.2, 0) is 4.74 Å². The Balaban J connectivity index is 1.72. The molecule has 0 bridgehead atoms. The maximum absolute atomic E-state index is 12.5. The number of carbonyl (C=O) groups excluding carboxylic acids is 1. The van der Waals surface area contributed by atoms with Crippen LogP contribution in [-0.4, -0.2) is 36.9 Å². The maximum atomic E-state index is 12.5. The largest absolute Gasteiger partial charge is 0.448 e. The number of fused-ring (bicyclic) bond motifs is 3. The second kappa shape index (κ2) is 7.86. The highest BCUT2D eigenvalue weighted by atomic mass is 19.4. The molecular formula is C21H20F3NO2. The van der Waals surface area contributed by atoms with Crippen LogP contribution in [0.2, 0.25) is 0 Å². The molecule has 0 atom stereocenters. The summed E-state index contributed by atoms with van der Waals surface area (Å²) < 4.78 is 42.8. The van der Waals surface area contributed by atoms with Gasteiger partial charge < -0.3 is 9.64 Å². The molecule has 0 radical (unpaired) electrons. The number of nitrogens with zero attached hydrogens (tertiary/aromatic N) is 1. The molecular weight excluding hydrogens is 355 g/mol. The SMILES string of the molecule is C=CCN(CCC(F)(F)F)C(=O)OCC1c2ccccc2-c2ccccc21. The zero-order chi connectivity index (χ0) is 19.4. The minimum atomic E-state index is -4.33. The molecule has 1 aliphatic carbocycles. The highest BCUT2D eigenvalue weighted by molar-refractivity contribution is 5.79. The first-order valence-corrected chi connectivity index (χ1v) is 8.68. The van der Waals surface area contributed by atoms with E-state index in [9.17, 15) is 18.0 Å². The lowest BCUT2D eigenvalue weighted by Crippen LogP contribution is -2.35. The smallest absolute Gasteiger partial charge is 0.410 e. The van der Waals surface area contributed by atoms with Gasteiger partial charge in [0.1, 0.15) is 6.61 Å². The molecule has 142 valence electrons. The average Bonchev–Trinajstić information content (AvgIpc) is 2.96. The highest BCUT2D eigenvalue weighted by Crippen LogP contribution is 2.44. The van der Waals surface area contributed by atoms with Crippen LogP contribution in [0.15, 0.2) is 61.2 Å². The van der Waals surface area contributed by atoms with Gasteiger partial charge >= 0.3 is 12.3 Å². The van der Waals surface area contributed by atoms with Gasteiger partial charge in [0.2, 0.25) is 0 Å². The maximum Gasteiger partial charge on any atom is 0.410 e. The van der Waals surface area contributed by atoms with Crippen molar-refractivity contribution in [3.63, 3.8) is 0 Å². The van der Waals surface area contributed by atoms with Crippen LogP contribution in [0.3, 0.4) is 0 Å². The Hall–Kier alpha value is -2.76. The van der Waals surface area contributed by atoms with Gasteiger partial charge in [-0.05, 0) is 22.3 Å². The Morgan fingerprint density at radius 2 is 1.63 bits per heavy atom. The van der Waals surface area contributed by atoms with Crippen LogP contribution in [0.25, 0.3) is 11.1 Å². The summed E-state index contributed by atoms with van der Waals surface area (Å²) in [6.45, 7) is 3.12. The first-order chi connectivity index (χ1) is 12.9. The van der Waals surface area contributed by atoms with Gasteiger partial charge in [0.05, 0.1) is 6.42 Å². The number of rotatable bonds is 6. The van der Waals surface area contributed by atoms with E-state index in [0.29, 0.717) is 0 Å². The second-order valence-electron chi connectivity index (χ2n) is 6.40. The molecule has 0 saturated heterocycles. The molecule has 1 amide bonds. The third-order valence-corrected chi connectivity index (χ3v) is 4.61. The average molecular weight is 375 g/mol. The molecule has 3 nitrogen and oxygen atoms in total.